The quantitative estimate of drug-likeness (QED) is 0.509. The summed E-state index contributed by atoms with van der Waals surface area (Å²) in [4.78, 5) is 30.6. The minimum atomic E-state index is -0.753. The molecule has 0 unspecified atom stereocenters. The number of benzene rings is 3. The van der Waals surface area contributed by atoms with Gasteiger partial charge in [-0.15, -0.1) is 0 Å². The van der Waals surface area contributed by atoms with Gasteiger partial charge in [0.1, 0.15) is 12.6 Å². The SMILES string of the molecule is C/C(=C/c1ccccc1)[C@H]1C(=O)N(c2c(C)cccc2C)CC(=O)N1c1ccc(Cl)cc1. The predicted molar refractivity (Wildman–Crippen MR) is 131 cm³/mol. The summed E-state index contributed by atoms with van der Waals surface area (Å²) < 4.78 is 0. The summed E-state index contributed by atoms with van der Waals surface area (Å²) in [5.74, 6) is -0.262. The number of para-hydroxylation sites is 1. The van der Waals surface area contributed by atoms with E-state index in [0.29, 0.717) is 10.7 Å². The summed E-state index contributed by atoms with van der Waals surface area (Å²) in [5.41, 5.74) is 5.16. The number of aryl methyl sites for hydroxylation is 2. The standard InChI is InChI=1S/C27H25ClN2O2/c1-18-8-7-9-19(2)25(18)29-17-24(31)30(23-14-12-22(28)13-15-23)26(27(29)32)20(3)16-21-10-5-4-6-11-21/h4-16,26H,17H2,1-3H3/b20-16-/t26-/m0/s1. The largest absolute Gasteiger partial charge is 0.300 e. The molecule has 1 fully saturated rings. The molecule has 3 aromatic carbocycles. The smallest absolute Gasteiger partial charge is 0.254 e. The lowest BCUT2D eigenvalue weighted by Gasteiger charge is -2.41. The molecule has 0 aromatic heterocycles. The number of amides is 2. The van der Waals surface area contributed by atoms with Gasteiger partial charge in [-0.3, -0.25) is 14.5 Å². The van der Waals surface area contributed by atoms with Gasteiger partial charge in [-0.1, -0.05) is 66.2 Å². The Morgan fingerprint density at radius 1 is 0.906 bits per heavy atom. The van der Waals surface area contributed by atoms with Crippen LogP contribution in [-0.4, -0.2) is 24.4 Å². The van der Waals surface area contributed by atoms with Crippen molar-refractivity contribution in [3.63, 3.8) is 0 Å². The molecule has 0 aliphatic carbocycles. The van der Waals surface area contributed by atoms with Crippen molar-refractivity contribution < 1.29 is 9.59 Å². The molecule has 0 bridgehead atoms. The third-order valence-corrected chi connectivity index (χ3v) is 6.01. The topological polar surface area (TPSA) is 40.6 Å². The first-order valence-electron chi connectivity index (χ1n) is 10.6. The Morgan fingerprint density at radius 2 is 1.53 bits per heavy atom. The minimum Gasteiger partial charge on any atom is -0.300 e. The normalized spacial score (nSPS) is 17.1. The molecule has 1 saturated heterocycles. The van der Waals surface area contributed by atoms with Gasteiger partial charge < -0.3 is 4.90 Å². The summed E-state index contributed by atoms with van der Waals surface area (Å²) in [6, 6.07) is 22.0. The summed E-state index contributed by atoms with van der Waals surface area (Å²) in [7, 11) is 0. The van der Waals surface area contributed by atoms with Crippen molar-refractivity contribution in [2.24, 2.45) is 0 Å². The molecule has 0 N–H and O–H groups in total. The highest BCUT2D eigenvalue weighted by Gasteiger charge is 2.42. The van der Waals surface area contributed by atoms with Crippen LogP contribution in [0.25, 0.3) is 6.08 Å². The molecule has 1 atom stereocenters. The van der Waals surface area contributed by atoms with Crippen molar-refractivity contribution in [3.05, 3.63) is 100 Å². The number of nitrogens with zero attached hydrogens (tertiary/aromatic N) is 2. The zero-order valence-corrected chi connectivity index (χ0v) is 19.1. The van der Waals surface area contributed by atoms with E-state index in [2.05, 4.69) is 0 Å². The van der Waals surface area contributed by atoms with Gasteiger partial charge in [0.2, 0.25) is 5.91 Å². The minimum absolute atomic E-state index is 0.0116. The van der Waals surface area contributed by atoms with Crippen molar-refractivity contribution in [3.8, 4) is 0 Å². The van der Waals surface area contributed by atoms with Crippen LogP contribution in [0, 0.1) is 13.8 Å². The first-order chi connectivity index (χ1) is 15.4. The molecular formula is C27H25ClN2O2. The van der Waals surface area contributed by atoms with Gasteiger partial charge in [0.25, 0.3) is 5.91 Å². The van der Waals surface area contributed by atoms with E-state index in [0.717, 1.165) is 28.0 Å². The van der Waals surface area contributed by atoms with E-state index in [4.69, 9.17) is 11.6 Å². The fourth-order valence-electron chi connectivity index (χ4n) is 4.30. The van der Waals surface area contributed by atoms with Crippen molar-refractivity contribution in [2.75, 3.05) is 16.3 Å². The Kier molecular flexibility index (Phi) is 6.15. The lowest BCUT2D eigenvalue weighted by atomic mass is 9.97. The average Bonchev–Trinajstić information content (AvgIpc) is 2.77. The number of carbonyl (C=O) groups is 2. The molecule has 5 heteroatoms. The second kappa shape index (κ2) is 9.01. The molecule has 0 saturated carbocycles. The van der Waals surface area contributed by atoms with Crippen molar-refractivity contribution in [1.82, 2.24) is 0 Å². The first-order valence-corrected chi connectivity index (χ1v) is 10.9. The van der Waals surface area contributed by atoms with Crippen LogP contribution in [0.1, 0.15) is 23.6 Å². The molecule has 1 aliphatic rings. The van der Waals surface area contributed by atoms with E-state index in [9.17, 15) is 9.59 Å². The molecule has 1 aliphatic heterocycles. The Bertz CT molecular complexity index is 1170. The van der Waals surface area contributed by atoms with Crippen LogP contribution in [0.5, 0.6) is 0 Å². The second-order valence-corrected chi connectivity index (χ2v) is 8.54. The van der Waals surface area contributed by atoms with Crippen LogP contribution in [0.15, 0.2) is 78.4 Å². The van der Waals surface area contributed by atoms with Crippen LogP contribution >= 0.6 is 11.6 Å². The maximum Gasteiger partial charge on any atom is 0.254 e. The van der Waals surface area contributed by atoms with Crippen molar-refractivity contribution >= 4 is 40.9 Å². The maximum atomic E-state index is 13.9. The zero-order chi connectivity index (χ0) is 22.8. The van der Waals surface area contributed by atoms with Gasteiger partial charge in [-0.05, 0) is 67.3 Å². The lowest BCUT2D eigenvalue weighted by molar-refractivity contribution is -0.127. The van der Waals surface area contributed by atoms with Gasteiger partial charge in [-0.2, -0.15) is 0 Å². The van der Waals surface area contributed by atoms with E-state index in [-0.39, 0.29) is 18.4 Å². The molecule has 32 heavy (non-hydrogen) atoms. The molecule has 0 spiro atoms. The first kappa shape index (κ1) is 21.8. The Balaban J connectivity index is 1.83. The molecule has 2 amide bonds. The number of anilines is 2. The summed E-state index contributed by atoms with van der Waals surface area (Å²) in [5, 5.41) is 0.579. The maximum absolute atomic E-state index is 13.9. The lowest BCUT2D eigenvalue weighted by Crippen LogP contribution is -2.61. The van der Waals surface area contributed by atoms with Crippen molar-refractivity contribution in [1.29, 1.82) is 0 Å². The van der Waals surface area contributed by atoms with E-state index >= 15 is 0 Å². The zero-order valence-electron chi connectivity index (χ0n) is 18.4. The summed E-state index contributed by atoms with van der Waals surface area (Å²) in [6.45, 7) is 5.82. The van der Waals surface area contributed by atoms with Crippen LogP contribution in [0.2, 0.25) is 5.02 Å². The molecular weight excluding hydrogens is 420 g/mol. The van der Waals surface area contributed by atoms with Gasteiger partial charge in [-0.25, -0.2) is 0 Å². The molecule has 4 nitrogen and oxygen atoms in total. The van der Waals surface area contributed by atoms with E-state index in [1.807, 2.05) is 75.4 Å². The Labute approximate surface area is 193 Å². The van der Waals surface area contributed by atoms with Gasteiger partial charge in [0, 0.05) is 10.7 Å². The number of piperazine rings is 1. The third-order valence-electron chi connectivity index (χ3n) is 5.76. The molecule has 1 heterocycles. The molecule has 3 aromatic rings. The number of rotatable bonds is 4. The molecule has 0 radical (unpaired) electrons. The van der Waals surface area contributed by atoms with Crippen LogP contribution in [-0.2, 0) is 9.59 Å². The van der Waals surface area contributed by atoms with Crippen LogP contribution in [0.4, 0.5) is 11.4 Å². The summed E-state index contributed by atoms with van der Waals surface area (Å²) >= 11 is 6.07. The number of hydrogen-bond donors (Lipinski definition) is 0. The highest BCUT2D eigenvalue weighted by molar-refractivity contribution is 6.30. The van der Waals surface area contributed by atoms with Gasteiger partial charge in [0.15, 0.2) is 0 Å². The van der Waals surface area contributed by atoms with Gasteiger partial charge in [0.05, 0.1) is 5.69 Å². The van der Waals surface area contributed by atoms with Gasteiger partial charge >= 0.3 is 0 Å². The van der Waals surface area contributed by atoms with E-state index in [1.165, 1.54) is 0 Å². The highest BCUT2D eigenvalue weighted by Crippen LogP contribution is 2.33. The third kappa shape index (κ3) is 4.19. The van der Waals surface area contributed by atoms with E-state index in [1.54, 1.807) is 34.1 Å². The highest BCUT2D eigenvalue weighted by atomic mass is 35.5. The average molecular weight is 445 g/mol. The van der Waals surface area contributed by atoms with E-state index < -0.39 is 6.04 Å². The van der Waals surface area contributed by atoms with Crippen LogP contribution < -0.4 is 9.80 Å². The fraction of sp³-hybridized carbons (Fsp3) is 0.185. The van der Waals surface area contributed by atoms with Crippen LogP contribution in [0.3, 0.4) is 0 Å². The molecule has 162 valence electrons. The van der Waals surface area contributed by atoms with Crippen molar-refractivity contribution in [2.45, 2.75) is 26.8 Å². The summed E-state index contributed by atoms with van der Waals surface area (Å²) in [6.07, 6.45) is 1.97. The Hall–Kier alpha value is -3.37. The monoisotopic (exact) mass is 444 g/mol. The number of halogens is 1. The number of hydrogen-bond acceptors (Lipinski definition) is 2. The second-order valence-electron chi connectivity index (χ2n) is 8.11. The predicted octanol–water partition coefficient (Wildman–Crippen LogP) is 5.81. The Morgan fingerprint density at radius 3 is 2.16 bits per heavy atom. The molecule has 4 rings (SSSR count). The number of carbonyl (C=O) groups excluding carboxylic acids is 2. The fourth-order valence-corrected chi connectivity index (χ4v) is 4.42.